The van der Waals surface area contributed by atoms with E-state index < -0.39 is 11.1 Å². The number of para-hydroxylation sites is 4. The van der Waals surface area contributed by atoms with Gasteiger partial charge in [-0.3, -0.25) is 0 Å². The van der Waals surface area contributed by atoms with Gasteiger partial charge in [0.1, 0.15) is 10.3 Å². The standard InChI is InChI=1S/C31H29N4O2/c1-30(2)31(3,4)35(37)29(34(30)36)22-19-20-27-28(21-22)33(24-15-9-6-10-16-24)26-18-12-11-17-25(26)32(27)23-13-7-5-8-14-23/h5-21H,1-4H3/q+1. The van der Waals surface area contributed by atoms with Crippen molar-refractivity contribution in [3.63, 3.8) is 0 Å². The van der Waals surface area contributed by atoms with Gasteiger partial charge >= 0.3 is 5.84 Å². The molecule has 2 aliphatic heterocycles. The van der Waals surface area contributed by atoms with Gasteiger partial charge in [-0.25, -0.2) is 0 Å². The van der Waals surface area contributed by atoms with Crippen molar-refractivity contribution in [2.45, 2.75) is 38.8 Å². The molecule has 6 heteroatoms. The summed E-state index contributed by atoms with van der Waals surface area (Å²) >= 11 is 0. The Kier molecular flexibility index (Phi) is 4.99. The molecular weight excluding hydrogens is 460 g/mol. The van der Waals surface area contributed by atoms with Crippen molar-refractivity contribution >= 4 is 40.0 Å². The van der Waals surface area contributed by atoms with Gasteiger partial charge in [0.05, 0.1) is 22.7 Å². The summed E-state index contributed by atoms with van der Waals surface area (Å²) in [5.41, 5.74) is 4.76. The van der Waals surface area contributed by atoms with Crippen LogP contribution in [0.2, 0.25) is 0 Å². The fraction of sp³-hybridized carbons (Fsp3) is 0.194. The second-order valence-corrected chi connectivity index (χ2v) is 10.6. The second-order valence-electron chi connectivity index (χ2n) is 10.6. The van der Waals surface area contributed by atoms with E-state index in [1.54, 1.807) is 0 Å². The van der Waals surface area contributed by atoms with Gasteiger partial charge in [-0.15, -0.1) is 4.74 Å². The van der Waals surface area contributed by atoms with Crippen LogP contribution in [0.15, 0.2) is 103 Å². The summed E-state index contributed by atoms with van der Waals surface area (Å²) in [6, 6.07) is 34.5. The number of amidine groups is 1. The van der Waals surface area contributed by atoms with Crippen LogP contribution in [0.1, 0.15) is 33.3 Å². The molecule has 0 amide bonds. The highest BCUT2D eigenvalue weighted by Crippen LogP contribution is 2.54. The zero-order valence-corrected chi connectivity index (χ0v) is 21.4. The number of nitrogens with zero attached hydrogens (tertiary/aromatic N) is 4. The van der Waals surface area contributed by atoms with Crippen molar-refractivity contribution in [2.24, 2.45) is 0 Å². The molecule has 0 saturated heterocycles. The number of nitroso groups, excluding NO2 is 1. The van der Waals surface area contributed by atoms with Gasteiger partial charge in [-0.05, 0) is 54.6 Å². The third-order valence-electron chi connectivity index (χ3n) is 8.01. The zero-order valence-electron chi connectivity index (χ0n) is 21.4. The van der Waals surface area contributed by atoms with Gasteiger partial charge in [0, 0.05) is 44.0 Å². The number of benzene rings is 4. The molecule has 6 rings (SSSR count). The Labute approximate surface area is 216 Å². The van der Waals surface area contributed by atoms with E-state index in [-0.39, 0.29) is 5.84 Å². The summed E-state index contributed by atoms with van der Waals surface area (Å²) in [5.74, 6) is 0.135. The molecule has 0 unspecified atom stereocenters. The Hall–Kier alpha value is -4.45. The molecular formula is C31H29N4O2+. The first-order valence-corrected chi connectivity index (χ1v) is 12.5. The predicted octanol–water partition coefficient (Wildman–Crippen LogP) is 7.55. The van der Waals surface area contributed by atoms with Crippen LogP contribution in [0.4, 0.5) is 34.1 Å². The van der Waals surface area contributed by atoms with Crippen LogP contribution in [0.3, 0.4) is 0 Å². The fourth-order valence-corrected chi connectivity index (χ4v) is 5.19. The van der Waals surface area contributed by atoms with Gasteiger partial charge in [-0.1, -0.05) is 48.5 Å². The molecule has 6 nitrogen and oxygen atoms in total. The maximum Gasteiger partial charge on any atom is 0.504 e. The van der Waals surface area contributed by atoms with Crippen molar-refractivity contribution in [3.05, 3.63) is 119 Å². The fourth-order valence-electron chi connectivity index (χ4n) is 5.19. The lowest BCUT2D eigenvalue weighted by molar-refractivity contribution is -0.555. The highest BCUT2D eigenvalue weighted by Gasteiger charge is 2.68. The van der Waals surface area contributed by atoms with Gasteiger partial charge in [0.2, 0.25) is 5.54 Å². The Bertz CT molecular complexity index is 1560. The largest absolute Gasteiger partial charge is 0.618 e. The van der Waals surface area contributed by atoms with Crippen molar-refractivity contribution < 1.29 is 9.50 Å². The van der Waals surface area contributed by atoms with E-state index in [4.69, 9.17) is 0 Å². The average Bonchev–Trinajstić information content (AvgIpc) is 3.03. The minimum absolute atomic E-state index is 0.135. The number of rotatable bonds is 3. The van der Waals surface area contributed by atoms with Gasteiger partial charge in [0.15, 0.2) is 0 Å². The van der Waals surface area contributed by atoms with Crippen molar-refractivity contribution in [3.8, 4) is 0 Å². The quantitative estimate of drug-likeness (QED) is 0.194. The maximum atomic E-state index is 13.5. The lowest BCUT2D eigenvalue weighted by atomic mass is 9.84. The Balaban J connectivity index is 1.63. The van der Waals surface area contributed by atoms with E-state index in [9.17, 15) is 10.1 Å². The molecule has 2 heterocycles. The highest BCUT2D eigenvalue weighted by molar-refractivity contribution is 6.03. The molecule has 2 aliphatic rings. The molecule has 0 N–H and O–H groups in total. The van der Waals surface area contributed by atoms with E-state index in [0.29, 0.717) is 5.56 Å². The van der Waals surface area contributed by atoms with Crippen LogP contribution in [-0.2, 0) is 0 Å². The lowest BCUT2D eigenvalue weighted by Crippen LogP contribution is -2.50. The molecule has 0 radical (unpaired) electrons. The molecule has 184 valence electrons. The van der Waals surface area contributed by atoms with Crippen molar-refractivity contribution in [2.75, 3.05) is 9.80 Å². The SMILES string of the molecule is CC1(C)[N+](=O)C(c2ccc3c(c2)N(c2ccccc2)c2ccccc2N3c2ccccc2)=[N+]([O-])C1(C)C. The Morgan fingerprint density at radius 1 is 0.595 bits per heavy atom. The molecule has 0 atom stereocenters. The first kappa shape index (κ1) is 23.0. The normalized spacial score (nSPS) is 17.6. The zero-order chi connectivity index (χ0) is 25.9. The van der Waals surface area contributed by atoms with Gasteiger partial charge in [0.25, 0.3) is 5.54 Å². The smallest absolute Gasteiger partial charge is 0.504 e. The predicted molar refractivity (Wildman–Crippen MR) is 149 cm³/mol. The van der Waals surface area contributed by atoms with E-state index in [1.165, 1.54) is 0 Å². The van der Waals surface area contributed by atoms with Gasteiger partial charge in [-0.2, -0.15) is 0 Å². The third kappa shape index (κ3) is 3.22. The summed E-state index contributed by atoms with van der Waals surface area (Å²) in [6.45, 7) is 7.28. The lowest BCUT2D eigenvalue weighted by Gasteiger charge is -2.40. The van der Waals surface area contributed by atoms with Gasteiger partial charge < -0.3 is 15.0 Å². The van der Waals surface area contributed by atoms with Crippen molar-refractivity contribution in [1.82, 2.24) is 0 Å². The van der Waals surface area contributed by atoms with E-state index in [1.807, 2.05) is 94.4 Å². The topological polar surface area (TPSA) is 52.6 Å². The van der Waals surface area contributed by atoms with Crippen LogP contribution < -0.4 is 9.80 Å². The maximum absolute atomic E-state index is 13.5. The first-order valence-electron chi connectivity index (χ1n) is 12.5. The van der Waals surface area contributed by atoms with Crippen LogP contribution in [-0.4, -0.2) is 26.4 Å². The third-order valence-corrected chi connectivity index (χ3v) is 8.01. The Morgan fingerprint density at radius 3 is 1.54 bits per heavy atom. The monoisotopic (exact) mass is 489 g/mol. The molecule has 37 heavy (non-hydrogen) atoms. The summed E-state index contributed by atoms with van der Waals surface area (Å²) in [4.78, 5) is 17.9. The summed E-state index contributed by atoms with van der Waals surface area (Å²) < 4.78 is 1.75. The minimum Gasteiger partial charge on any atom is -0.618 e. The van der Waals surface area contributed by atoms with Crippen LogP contribution >= 0.6 is 0 Å². The second kappa shape index (κ2) is 8.03. The summed E-state index contributed by atoms with van der Waals surface area (Å²) in [5, 5.41) is 13.5. The van der Waals surface area contributed by atoms with Crippen LogP contribution in [0.25, 0.3) is 0 Å². The number of fused-ring (bicyclic) bond motifs is 2. The molecule has 0 fully saturated rings. The Morgan fingerprint density at radius 2 is 1.05 bits per heavy atom. The molecule has 0 aliphatic carbocycles. The molecule has 0 aromatic heterocycles. The number of anilines is 6. The van der Waals surface area contributed by atoms with Crippen LogP contribution in [0.5, 0.6) is 0 Å². The van der Waals surface area contributed by atoms with Crippen molar-refractivity contribution in [1.29, 1.82) is 0 Å². The van der Waals surface area contributed by atoms with E-state index >= 15 is 0 Å². The number of hydrogen-bond acceptors (Lipinski definition) is 4. The molecule has 4 aromatic rings. The minimum atomic E-state index is -0.887. The molecule has 0 saturated carbocycles. The first-order chi connectivity index (χ1) is 17.7. The van der Waals surface area contributed by atoms with Crippen LogP contribution in [0, 0.1) is 10.1 Å². The molecule has 0 bridgehead atoms. The summed E-state index contributed by atoms with van der Waals surface area (Å²) in [6.07, 6.45) is 0. The average molecular weight is 490 g/mol. The van der Waals surface area contributed by atoms with E-state index in [2.05, 4.69) is 46.2 Å². The molecule has 0 spiro atoms. The highest BCUT2D eigenvalue weighted by atomic mass is 16.5. The summed E-state index contributed by atoms with van der Waals surface area (Å²) in [7, 11) is 0. The molecule has 4 aromatic carbocycles. The van der Waals surface area contributed by atoms with E-state index in [0.717, 1.165) is 43.6 Å². The number of hydroxylamine groups is 1. The number of hydrogen-bond donors (Lipinski definition) is 0.